The number of hydrogen-bond donors (Lipinski definition) is 1. The molecule has 2 aromatic rings. The van der Waals surface area contributed by atoms with Gasteiger partial charge in [-0.3, -0.25) is 9.59 Å². The van der Waals surface area contributed by atoms with E-state index in [1.807, 2.05) is 54.6 Å². The van der Waals surface area contributed by atoms with Crippen LogP contribution in [0, 0.1) is 5.92 Å². The fourth-order valence-corrected chi connectivity index (χ4v) is 2.55. The normalized spacial score (nSPS) is 11.6. The minimum absolute atomic E-state index is 0.110. The molecule has 0 radical (unpaired) electrons. The van der Waals surface area contributed by atoms with Crippen LogP contribution in [0.1, 0.15) is 30.0 Å². The van der Waals surface area contributed by atoms with Crippen molar-refractivity contribution in [3.05, 3.63) is 71.3 Å². The molecular weight excluding hydrogens is 330 g/mol. The second-order valence-corrected chi connectivity index (χ2v) is 6.15. The van der Waals surface area contributed by atoms with E-state index < -0.39 is 5.92 Å². The molecule has 1 amide bonds. The molecule has 0 aromatic heterocycles. The highest BCUT2D eigenvalue weighted by Crippen LogP contribution is 2.12. The third-order valence-corrected chi connectivity index (χ3v) is 4.06. The third kappa shape index (κ3) is 6.33. The fraction of sp³-hybridized carbons (Fsp3) is 0.333. The summed E-state index contributed by atoms with van der Waals surface area (Å²) in [5.41, 5.74) is 3.15. The Morgan fingerprint density at radius 3 is 2.31 bits per heavy atom. The highest BCUT2D eigenvalue weighted by atomic mass is 16.5. The molecule has 2 aromatic carbocycles. The van der Waals surface area contributed by atoms with Gasteiger partial charge in [-0.1, -0.05) is 61.5 Å². The first-order valence-electron chi connectivity index (χ1n) is 8.63. The number of hydrogen-bond acceptors (Lipinski definition) is 4. The molecule has 0 fully saturated rings. The quantitative estimate of drug-likeness (QED) is 0.702. The summed E-state index contributed by atoms with van der Waals surface area (Å²) in [4.78, 5) is 23.4. The van der Waals surface area contributed by atoms with E-state index in [1.165, 1.54) is 7.11 Å². The Morgan fingerprint density at radius 1 is 0.962 bits per heavy atom. The number of rotatable bonds is 9. The molecule has 0 aliphatic heterocycles. The van der Waals surface area contributed by atoms with E-state index in [2.05, 4.69) is 10.1 Å². The summed E-state index contributed by atoms with van der Waals surface area (Å²) in [6.07, 6.45) is 0.110. The maximum absolute atomic E-state index is 12.0. The molecule has 0 bridgehead atoms. The van der Waals surface area contributed by atoms with Crippen molar-refractivity contribution >= 4 is 11.9 Å². The van der Waals surface area contributed by atoms with Crippen molar-refractivity contribution < 1.29 is 19.1 Å². The van der Waals surface area contributed by atoms with E-state index in [4.69, 9.17) is 4.74 Å². The number of esters is 1. The SMILES string of the molecule is COC(=O)C(C)CC(=O)NCc1ccccc1COCc1ccccc1. The molecule has 1 unspecified atom stereocenters. The van der Waals surface area contributed by atoms with Gasteiger partial charge in [-0.05, 0) is 16.7 Å². The Morgan fingerprint density at radius 2 is 1.62 bits per heavy atom. The maximum Gasteiger partial charge on any atom is 0.308 e. The lowest BCUT2D eigenvalue weighted by molar-refractivity contribution is -0.146. The summed E-state index contributed by atoms with van der Waals surface area (Å²) in [5, 5.41) is 2.86. The molecule has 0 heterocycles. The van der Waals surface area contributed by atoms with Crippen LogP contribution in [0.15, 0.2) is 54.6 Å². The minimum Gasteiger partial charge on any atom is -0.469 e. The highest BCUT2D eigenvalue weighted by Gasteiger charge is 2.17. The molecule has 0 aliphatic rings. The van der Waals surface area contributed by atoms with Crippen LogP contribution in [0.5, 0.6) is 0 Å². The molecule has 0 saturated heterocycles. The lowest BCUT2D eigenvalue weighted by atomic mass is 10.1. The van der Waals surface area contributed by atoms with Gasteiger partial charge in [-0.15, -0.1) is 0 Å². The Hall–Kier alpha value is -2.66. The molecule has 5 nitrogen and oxygen atoms in total. The molecular formula is C21H25NO4. The van der Waals surface area contributed by atoms with E-state index >= 15 is 0 Å². The van der Waals surface area contributed by atoms with Gasteiger partial charge in [0.1, 0.15) is 0 Å². The van der Waals surface area contributed by atoms with Crippen LogP contribution < -0.4 is 5.32 Å². The maximum atomic E-state index is 12.0. The second-order valence-electron chi connectivity index (χ2n) is 6.15. The Bertz CT molecular complexity index is 715. The van der Waals surface area contributed by atoms with Crippen LogP contribution in [0.4, 0.5) is 0 Å². The van der Waals surface area contributed by atoms with Crippen LogP contribution in [0.3, 0.4) is 0 Å². The molecule has 5 heteroatoms. The molecule has 1 atom stereocenters. The predicted octanol–water partition coefficient (Wildman–Crippen LogP) is 3.22. The minimum atomic E-state index is -0.454. The number of carbonyl (C=O) groups is 2. The van der Waals surface area contributed by atoms with Crippen LogP contribution in [0.25, 0.3) is 0 Å². The van der Waals surface area contributed by atoms with E-state index in [9.17, 15) is 9.59 Å². The summed E-state index contributed by atoms with van der Waals surface area (Å²) >= 11 is 0. The van der Waals surface area contributed by atoms with E-state index in [0.29, 0.717) is 19.8 Å². The Kier molecular flexibility index (Phi) is 7.83. The van der Waals surface area contributed by atoms with Gasteiger partial charge >= 0.3 is 5.97 Å². The van der Waals surface area contributed by atoms with Crippen LogP contribution in [-0.4, -0.2) is 19.0 Å². The highest BCUT2D eigenvalue weighted by molar-refractivity contribution is 5.82. The van der Waals surface area contributed by atoms with Crippen LogP contribution in [-0.2, 0) is 38.8 Å². The smallest absolute Gasteiger partial charge is 0.308 e. The first-order chi connectivity index (χ1) is 12.6. The average molecular weight is 355 g/mol. The van der Waals surface area contributed by atoms with Crippen molar-refractivity contribution in [1.82, 2.24) is 5.32 Å². The standard InChI is InChI=1S/C21H25NO4/c1-16(21(24)25-2)12-20(23)22-13-18-10-6-7-11-19(18)15-26-14-17-8-4-3-5-9-17/h3-11,16H,12-15H2,1-2H3,(H,22,23). The molecule has 138 valence electrons. The third-order valence-electron chi connectivity index (χ3n) is 4.06. The molecule has 0 spiro atoms. The zero-order valence-electron chi connectivity index (χ0n) is 15.2. The van der Waals surface area contributed by atoms with Gasteiger partial charge < -0.3 is 14.8 Å². The van der Waals surface area contributed by atoms with Crippen molar-refractivity contribution in [1.29, 1.82) is 0 Å². The second kappa shape index (κ2) is 10.4. The van der Waals surface area contributed by atoms with Crippen LogP contribution in [0.2, 0.25) is 0 Å². The number of benzene rings is 2. The number of ether oxygens (including phenoxy) is 2. The topological polar surface area (TPSA) is 64.6 Å². The van der Waals surface area contributed by atoms with Crippen molar-refractivity contribution in [2.24, 2.45) is 5.92 Å². The van der Waals surface area contributed by atoms with Crippen molar-refractivity contribution in [3.63, 3.8) is 0 Å². The Balaban J connectivity index is 1.84. The monoisotopic (exact) mass is 355 g/mol. The number of methoxy groups -OCH3 is 1. The lowest BCUT2D eigenvalue weighted by Gasteiger charge is -2.13. The van der Waals surface area contributed by atoms with Gasteiger partial charge in [0.05, 0.1) is 26.2 Å². The zero-order valence-corrected chi connectivity index (χ0v) is 15.2. The largest absolute Gasteiger partial charge is 0.469 e. The summed E-state index contributed by atoms with van der Waals surface area (Å²) in [7, 11) is 1.32. The van der Waals surface area contributed by atoms with Crippen LogP contribution >= 0.6 is 0 Å². The van der Waals surface area contributed by atoms with E-state index in [-0.39, 0.29) is 18.3 Å². The Labute approximate surface area is 154 Å². The number of nitrogens with one attached hydrogen (secondary N) is 1. The molecule has 2 rings (SSSR count). The van der Waals surface area contributed by atoms with Gasteiger partial charge in [0.15, 0.2) is 0 Å². The first kappa shape index (κ1) is 19.7. The van der Waals surface area contributed by atoms with Crippen molar-refractivity contribution in [2.75, 3.05) is 7.11 Å². The molecule has 0 aliphatic carbocycles. The first-order valence-corrected chi connectivity index (χ1v) is 8.63. The van der Waals surface area contributed by atoms with Gasteiger partial charge in [-0.25, -0.2) is 0 Å². The van der Waals surface area contributed by atoms with Gasteiger partial charge in [-0.2, -0.15) is 0 Å². The van der Waals surface area contributed by atoms with Crippen molar-refractivity contribution in [3.8, 4) is 0 Å². The molecule has 26 heavy (non-hydrogen) atoms. The summed E-state index contributed by atoms with van der Waals surface area (Å²) in [6, 6.07) is 17.8. The number of amides is 1. The summed E-state index contributed by atoms with van der Waals surface area (Å²) in [5.74, 6) is -1.01. The summed E-state index contributed by atoms with van der Waals surface area (Å²) < 4.78 is 10.4. The van der Waals surface area contributed by atoms with E-state index in [1.54, 1.807) is 6.92 Å². The zero-order chi connectivity index (χ0) is 18.8. The van der Waals surface area contributed by atoms with Gasteiger partial charge in [0, 0.05) is 13.0 Å². The van der Waals surface area contributed by atoms with Crippen molar-refractivity contribution in [2.45, 2.75) is 33.1 Å². The lowest BCUT2D eigenvalue weighted by Crippen LogP contribution is -2.27. The fourth-order valence-electron chi connectivity index (χ4n) is 2.55. The predicted molar refractivity (Wildman–Crippen MR) is 99.0 cm³/mol. The van der Waals surface area contributed by atoms with E-state index in [0.717, 1.165) is 16.7 Å². The van der Waals surface area contributed by atoms with Gasteiger partial charge in [0.25, 0.3) is 0 Å². The number of carbonyl (C=O) groups excluding carboxylic acids is 2. The summed E-state index contributed by atoms with van der Waals surface area (Å²) in [6.45, 7) is 3.09. The molecule has 0 saturated carbocycles. The molecule has 1 N–H and O–H groups in total. The average Bonchev–Trinajstić information content (AvgIpc) is 2.67. The van der Waals surface area contributed by atoms with Gasteiger partial charge in [0.2, 0.25) is 5.91 Å².